The molecule has 0 amide bonds. The summed E-state index contributed by atoms with van der Waals surface area (Å²) >= 11 is 0. The van der Waals surface area contributed by atoms with Crippen LogP contribution in [0.3, 0.4) is 0 Å². The SMILES string of the molecule is NC(=NOC(=O)c1cc([N+](=O)[O-])cc([N+](=O)[O-])c1)c1ccccc1. The van der Waals surface area contributed by atoms with Gasteiger partial charge in [0.2, 0.25) is 0 Å². The summed E-state index contributed by atoms with van der Waals surface area (Å²) in [5.74, 6) is -1.20. The van der Waals surface area contributed by atoms with Crippen LogP contribution in [0.15, 0.2) is 53.7 Å². The fourth-order valence-corrected chi connectivity index (χ4v) is 1.73. The molecule has 0 saturated heterocycles. The summed E-state index contributed by atoms with van der Waals surface area (Å²) in [6.45, 7) is 0. The van der Waals surface area contributed by atoms with Gasteiger partial charge in [-0.1, -0.05) is 35.5 Å². The number of nitrogens with zero attached hydrogens (tertiary/aromatic N) is 3. The van der Waals surface area contributed by atoms with Gasteiger partial charge in [0.25, 0.3) is 11.4 Å². The highest BCUT2D eigenvalue weighted by Crippen LogP contribution is 2.23. The number of hydrogen-bond acceptors (Lipinski definition) is 7. The molecule has 0 aromatic heterocycles. The molecule has 122 valence electrons. The van der Waals surface area contributed by atoms with Crippen LogP contribution in [0.5, 0.6) is 0 Å². The van der Waals surface area contributed by atoms with Crippen LogP contribution in [0, 0.1) is 20.2 Å². The van der Waals surface area contributed by atoms with E-state index >= 15 is 0 Å². The van der Waals surface area contributed by atoms with Crippen molar-refractivity contribution in [3.8, 4) is 0 Å². The minimum absolute atomic E-state index is 0.0936. The van der Waals surface area contributed by atoms with Gasteiger partial charge in [-0.2, -0.15) is 0 Å². The van der Waals surface area contributed by atoms with E-state index in [2.05, 4.69) is 9.99 Å². The Labute approximate surface area is 134 Å². The molecular formula is C14H10N4O6. The van der Waals surface area contributed by atoms with Crippen molar-refractivity contribution in [3.63, 3.8) is 0 Å². The van der Waals surface area contributed by atoms with Crippen molar-refractivity contribution >= 4 is 23.2 Å². The second kappa shape index (κ2) is 6.96. The van der Waals surface area contributed by atoms with Crippen LogP contribution in [0.1, 0.15) is 15.9 Å². The standard InChI is InChI=1S/C14H10N4O6/c15-13(9-4-2-1-3-5-9)16-24-14(19)10-6-11(17(20)21)8-12(7-10)18(22)23/h1-8H,(H2,15,16). The predicted octanol–water partition coefficient (Wildman–Crippen LogP) is 1.98. The number of oxime groups is 1. The fraction of sp³-hybridized carbons (Fsp3) is 0. The molecule has 24 heavy (non-hydrogen) atoms. The molecule has 0 radical (unpaired) electrons. The molecule has 0 aliphatic carbocycles. The monoisotopic (exact) mass is 330 g/mol. The molecule has 0 bridgehead atoms. The van der Waals surface area contributed by atoms with Crippen molar-refractivity contribution in [2.75, 3.05) is 0 Å². The van der Waals surface area contributed by atoms with E-state index in [0.717, 1.165) is 18.2 Å². The first kappa shape index (κ1) is 16.5. The highest BCUT2D eigenvalue weighted by atomic mass is 16.7. The lowest BCUT2D eigenvalue weighted by Gasteiger charge is -2.01. The van der Waals surface area contributed by atoms with Crippen LogP contribution < -0.4 is 5.73 Å². The molecule has 0 aliphatic rings. The average Bonchev–Trinajstić information content (AvgIpc) is 2.59. The highest BCUT2D eigenvalue weighted by molar-refractivity contribution is 5.98. The molecule has 2 aromatic rings. The number of hydrogen-bond donors (Lipinski definition) is 1. The highest BCUT2D eigenvalue weighted by Gasteiger charge is 2.21. The van der Waals surface area contributed by atoms with E-state index in [-0.39, 0.29) is 11.4 Å². The molecule has 0 spiro atoms. The van der Waals surface area contributed by atoms with E-state index in [1.54, 1.807) is 30.3 Å². The second-order valence-corrected chi connectivity index (χ2v) is 4.47. The summed E-state index contributed by atoms with van der Waals surface area (Å²) in [5.41, 5.74) is 4.51. The van der Waals surface area contributed by atoms with Gasteiger partial charge in [-0.15, -0.1) is 0 Å². The van der Waals surface area contributed by atoms with E-state index in [1.165, 1.54) is 0 Å². The molecule has 0 saturated carbocycles. The summed E-state index contributed by atoms with van der Waals surface area (Å²) in [4.78, 5) is 36.4. The predicted molar refractivity (Wildman–Crippen MR) is 82.3 cm³/mol. The lowest BCUT2D eigenvalue weighted by Crippen LogP contribution is -2.15. The lowest BCUT2D eigenvalue weighted by atomic mass is 10.2. The maximum Gasteiger partial charge on any atom is 0.366 e. The average molecular weight is 330 g/mol. The summed E-state index contributed by atoms with van der Waals surface area (Å²) in [7, 11) is 0. The first-order chi connectivity index (χ1) is 11.4. The Morgan fingerprint density at radius 1 is 0.958 bits per heavy atom. The Balaban J connectivity index is 2.26. The van der Waals surface area contributed by atoms with Crippen molar-refractivity contribution in [2.24, 2.45) is 10.9 Å². The van der Waals surface area contributed by atoms with Crippen molar-refractivity contribution in [1.29, 1.82) is 0 Å². The molecule has 10 heteroatoms. The normalized spacial score (nSPS) is 10.9. The molecule has 2 rings (SSSR count). The Morgan fingerprint density at radius 3 is 2.00 bits per heavy atom. The van der Waals surface area contributed by atoms with Gasteiger partial charge < -0.3 is 10.6 Å². The number of amidine groups is 1. The van der Waals surface area contributed by atoms with Gasteiger partial charge in [-0.05, 0) is 0 Å². The maximum absolute atomic E-state index is 11.9. The van der Waals surface area contributed by atoms with Crippen LogP contribution >= 0.6 is 0 Å². The Hall–Kier alpha value is -3.82. The zero-order valence-electron chi connectivity index (χ0n) is 12.0. The third-order valence-electron chi connectivity index (χ3n) is 2.86. The molecule has 0 aliphatic heterocycles. The molecule has 0 atom stereocenters. The largest absolute Gasteiger partial charge is 0.380 e. The molecule has 10 nitrogen and oxygen atoms in total. The zero-order chi connectivity index (χ0) is 17.7. The summed E-state index contributed by atoms with van der Waals surface area (Å²) in [6, 6.07) is 10.8. The van der Waals surface area contributed by atoms with Gasteiger partial charge in [0.05, 0.1) is 21.5 Å². The van der Waals surface area contributed by atoms with Crippen molar-refractivity contribution in [2.45, 2.75) is 0 Å². The summed E-state index contributed by atoms with van der Waals surface area (Å²) in [5, 5.41) is 25.0. The Kier molecular flexibility index (Phi) is 4.80. The number of nitro groups is 2. The van der Waals surface area contributed by atoms with Crippen LogP contribution in [0.25, 0.3) is 0 Å². The third-order valence-corrected chi connectivity index (χ3v) is 2.86. The van der Waals surface area contributed by atoms with Gasteiger partial charge >= 0.3 is 5.97 Å². The van der Waals surface area contributed by atoms with Crippen molar-refractivity contribution < 1.29 is 19.5 Å². The number of nitrogens with two attached hydrogens (primary N) is 1. The van der Waals surface area contributed by atoms with E-state index in [4.69, 9.17) is 5.73 Å². The van der Waals surface area contributed by atoms with Crippen LogP contribution in [0.4, 0.5) is 11.4 Å². The quantitative estimate of drug-likeness (QED) is 0.289. The second-order valence-electron chi connectivity index (χ2n) is 4.47. The number of nitro benzene ring substituents is 2. The van der Waals surface area contributed by atoms with Gasteiger partial charge in [0.1, 0.15) is 0 Å². The van der Waals surface area contributed by atoms with Crippen LogP contribution in [-0.2, 0) is 4.84 Å². The van der Waals surface area contributed by atoms with E-state index in [1.807, 2.05) is 0 Å². The molecular weight excluding hydrogens is 320 g/mol. The topological polar surface area (TPSA) is 151 Å². The van der Waals surface area contributed by atoms with Gasteiger partial charge in [-0.3, -0.25) is 20.2 Å². The number of carbonyl (C=O) groups excluding carboxylic acids is 1. The first-order valence-electron chi connectivity index (χ1n) is 6.42. The smallest absolute Gasteiger partial charge is 0.366 e. The number of benzene rings is 2. The van der Waals surface area contributed by atoms with Crippen LogP contribution in [-0.4, -0.2) is 21.7 Å². The van der Waals surface area contributed by atoms with Gasteiger partial charge in [-0.25, -0.2) is 4.79 Å². The molecule has 0 heterocycles. The number of rotatable bonds is 5. The number of carbonyl (C=O) groups is 1. The minimum Gasteiger partial charge on any atom is -0.380 e. The van der Waals surface area contributed by atoms with E-state index in [0.29, 0.717) is 5.56 Å². The molecule has 2 aromatic carbocycles. The van der Waals surface area contributed by atoms with Gasteiger partial charge in [0, 0.05) is 17.7 Å². The van der Waals surface area contributed by atoms with Gasteiger partial charge in [0.15, 0.2) is 5.84 Å². The summed E-state index contributed by atoms with van der Waals surface area (Å²) < 4.78 is 0. The maximum atomic E-state index is 11.9. The first-order valence-corrected chi connectivity index (χ1v) is 6.42. The number of non-ortho nitro benzene ring substituents is 2. The van der Waals surface area contributed by atoms with E-state index in [9.17, 15) is 25.0 Å². The van der Waals surface area contributed by atoms with E-state index < -0.39 is 27.2 Å². The molecule has 2 N–H and O–H groups in total. The third kappa shape index (κ3) is 3.88. The Bertz CT molecular complexity index is 802. The van der Waals surface area contributed by atoms with Crippen molar-refractivity contribution in [1.82, 2.24) is 0 Å². The molecule has 0 unspecified atom stereocenters. The summed E-state index contributed by atoms with van der Waals surface area (Å²) in [6.07, 6.45) is 0. The zero-order valence-corrected chi connectivity index (χ0v) is 12.0. The fourth-order valence-electron chi connectivity index (χ4n) is 1.73. The lowest BCUT2D eigenvalue weighted by molar-refractivity contribution is -0.394. The molecule has 0 fully saturated rings. The minimum atomic E-state index is -1.11. The van der Waals surface area contributed by atoms with Crippen LogP contribution in [0.2, 0.25) is 0 Å². The Morgan fingerprint density at radius 2 is 1.50 bits per heavy atom. The van der Waals surface area contributed by atoms with Crippen molar-refractivity contribution in [3.05, 3.63) is 79.9 Å².